The molecule has 1 aliphatic rings. The quantitative estimate of drug-likeness (QED) is 0.849. The Morgan fingerprint density at radius 1 is 1.35 bits per heavy atom. The summed E-state index contributed by atoms with van der Waals surface area (Å²) >= 11 is 0. The van der Waals surface area contributed by atoms with E-state index in [0.717, 1.165) is 24.5 Å². The van der Waals surface area contributed by atoms with E-state index in [9.17, 15) is 5.11 Å². The molecule has 3 atom stereocenters. The number of ether oxygens (including phenoxy) is 1. The third-order valence-electron chi connectivity index (χ3n) is 3.00. The Hall–Kier alpha value is -1.13. The van der Waals surface area contributed by atoms with E-state index < -0.39 is 6.10 Å². The molecule has 0 aliphatic carbocycles. The lowest BCUT2D eigenvalue weighted by molar-refractivity contribution is -0.00546. The summed E-state index contributed by atoms with van der Waals surface area (Å²) in [6, 6.07) is 3.89. The van der Waals surface area contributed by atoms with Crippen LogP contribution in [0, 0.1) is 0 Å². The zero-order valence-electron chi connectivity index (χ0n) is 10.6. The lowest BCUT2D eigenvalue weighted by Gasteiger charge is -2.36. The largest absolute Gasteiger partial charge is 0.389 e. The Balaban J connectivity index is 2.11. The minimum Gasteiger partial charge on any atom is -0.389 e. The maximum Gasteiger partial charge on any atom is 0.128 e. The van der Waals surface area contributed by atoms with Gasteiger partial charge in [-0.1, -0.05) is 6.07 Å². The van der Waals surface area contributed by atoms with Crippen molar-refractivity contribution in [2.24, 2.45) is 0 Å². The summed E-state index contributed by atoms with van der Waals surface area (Å²) in [7, 11) is 0. The molecular weight excluding hydrogens is 216 g/mol. The first-order valence-electron chi connectivity index (χ1n) is 6.10. The van der Waals surface area contributed by atoms with Crippen molar-refractivity contribution in [2.75, 3.05) is 18.0 Å². The second kappa shape index (κ2) is 5.02. The minimum absolute atomic E-state index is 0.233. The highest BCUT2D eigenvalue weighted by Crippen LogP contribution is 2.20. The molecule has 2 heterocycles. The van der Waals surface area contributed by atoms with Gasteiger partial charge in [-0.05, 0) is 32.4 Å². The molecule has 2 rings (SSSR count). The summed E-state index contributed by atoms with van der Waals surface area (Å²) in [5.41, 5.74) is 0.850. The van der Waals surface area contributed by atoms with Crippen molar-refractivity contribution in [3.63, 3.8) is 0 Å². The monoisotopic (exact) mass is 236 g/mol. The second-order valence-corrected chi connectivity index (χ2v) is 4.79. The highest BCUT2D eigenvalue weighted by atomic mass is 16.5. The van der Waals surface area contributed by atoms with E-state index in [2.05, 4.69) is 23.7 Å². The Labute approximate surface area is 102 Å². The molecule has 0 aromatic carbocycles. The Morgan fingerprint density at radius 2 is 2.00 bits per heavy atom. The van der Waals surface area contributed by atoms with Crippen LogP contribution in [0.2, 0.25) is 0 Å². The predicted molar refractivity (Wildman–Crippen MR) is 67.1 cm³/mol. The first kappa shape index (κ1) is 12.3. The van der Waals surface area contributed by atoms with E-state index in [1.54, 1.807) is 13.1 Å². The lowest BCUT2D eigenvalue weighted by Crippen LogP contribution is -2.45. The second-order valence-electron chi connectivity index (χ2n) is 4.79. The first-order chi connectivity index (χ1) is 8.06. The van der Waals surface area contributed by atoms with Gasteiger partial charge in [0.1, 0.15) is 5.82 Å². The lowest BCUT2D eigenvalue weighted by atomic mass is 10.2. The highest BCUT2D eigenvalue weighted by molar-refractivity contribution is 5.40. The number of rotatable bonds is 2. The molecule has 0 radical (unpaired) electrons. The van der Waals surface area contributed by atoms with Crippen LogP contribution in [0.3, 0.4) is 0 Å². The van der Waals surface area contributed by atoms with Crippen molar-refractivity contribution in [1.82, 2.24) is 4.98 Å². The van der Waals surface area contributed by atoms with Crippen molar-refractivity contribution in [1.29, 1.82) is 0 Å². The van der Waals surface area contributed by atoms with Crippen LogP contribution in [-0.2, 0) is 4.74 Å². The van der Waals surface area contributed by atoms with E-state index in [1.165, 1.54) is 0 Å². The smallest absolute Gasteiger partial charge is 0.128 e. The maximum absolute atomic E-state index is 9.44. The molecule has 0 spiro atoms. The van der Waals surface area contributed by atoms with Gasteiger partial charge in [-0.15, -0.1) is 0 Å². The number of aliphatic hydroxyl groups excluding tert-OH is 1. The van der Waals surface area contributed by atoms with Crippen LogP contribution in [0.4, 0.5) is 5.82 Å². The molecule has 1 aromatic rings. The topological polar surface area (TPSA) is 45.6 Å². The zero-order valence-corrected chi connectivity index (χ0v) is 10.6. The van der Waals surface area contributed by atoms with Crippen molar-refractivity contribution >= 4 is 5.82 Å². The summed E-state index contributed by atoms with van der Waals surface area (Å²) < 4.78 is 5.69. The zero-order chi connectivity index (χ0) is 12.4. The molecular formula is C13H20N2O2. The molecule has 1 aliphatic heterocycles. The molecule has 94 valence electrons. The normalized spacial score (nSPS) is 26.9. The van der Waals surface area contributed by atoms with Gasteiger partial charge in [-0.2, -0.15) is 0 Å². The average molecular weight is 236 g/mol. The van der Waals surface area contributed by atoms with Gasteiger partial charge in [0.25, 0.3) is 0 Å². The molecule has 1 saturated heterocycles. The van der Waals surface area contributed by atoms with Gasteiger partial charge in [-0.3, -0.25) is 0 Å². The van der Waals surface area contributed by atoms with E-state index in [-0.39, 0.29) is 12.2 Å². The number of pyridine rings is 1. The van der Waals surface area contributed by atoms with Gasteiger partial charge < -0.3 is 14.7 Å². The predicted octanol–water partition coefficient (Wildman–Crippen LogP) is 1.75. The highest BCUT2D eigenvalue weighted by Gasteiger charge is 2.22. The van der Waals surface area contributed by atoms with Crippen LogP contribution in [0.15, 0.2) is 18.3 Å². The van der Waals surface area contributed by atoms with Gasteiger partial charge in [0.2, 0.25) is 0 Å². The summed E-state index contributed by atoms with van der Waals surface area (Å²) in [6.45, 7) is 7.63. The molecule has 0 saturated carbocycles. The SMILES string of the molecule is C[C@@H]1CN(c2ccc([C@@H](C)O)cn2)C[C@H](C)O1. The number of morpholine rings is 1. The molecule has 0 unspecified atom stereocenters. The van der Waals surface area contributed by atoms with Gasteiger partial charge >= 0.3 is 0 Å². The third kappa shape index (κ3) is 2.96. The van der Waals surface area contributed by atoms with E-state index in [1.807, 2.05) is 12.1 Å². The fourth-order valence-electron chi connectivity index (χ4n) is 2.20. The van der Waals surface area contributed by atoms with Crippen molar-refractivity contribution in [3.05, 3.63) is 23.9 Å². The number of anilines is 1. The minimum atomic E-state index is -0.459. The van der Waals surface area contributed by atoms with Crippen molar-refractivity contribution in [3.8, 4) is 0 Å². The van der Waals surface area contributed by atoms with E-state index >= 15 is 0 Å². The Kier molecular flexibility index (Phi) is 3.64. The molecule has 0 amide bonds. The van der Waals surface area contributed by atoms with E-state index in [0.29, 0.717) is 0 Å². The molecule has 0 bridgehead atoms. The van der Waals surface area contributed by atoms with Crippen molar-refractivity contribution in [2.45, 2.75) is 39.1 Å². The fraction of sp³-hybridized carbons (Fsp3) is 0.615. The van der Waals surface area contributed by atoms with Crippen LogP contribution >= 0.6 is 0 Å². The van der Waals surface area contributed by atoms with Gasteiger partial charge in [-0.25, -0.2) is 4.98 Å². The summed E-state index contributed by atoms with van der Waals surface area (Å²) in [4.78, 5) is 6.63. The van der Waals surface area contributed by atoms with Crippen LogP contribution in [0.25, 0.3) is 0 Å². The average Bonchev–Trinajstić information content (AvgIpc) is 2.28. The van der Waals surface area contributed by atoms with Crippen LogP contribution < -0.4 is 4.90 Å². The number of hydrogen-bond donors (Lipinski definition) is 1. The Bertz CT molecular complexity index is 354. The van der Waals surface area contributed by atoms with Crippen molar-refractivity contribution < 1.29 is 9.84 Å². The Morgan fingerprint density at radius 3 is 2.47 bits per heavy atom. The van der Waals surface area contributed by atoms with Crippen LogP contribution in [0.5, 0.6) is 0 Å². The fourth-order valence-corrected chi connectivity index (χ4v) is 2.20. The van der Waals surface area contributed by atoms with Gasteiger partial charge in [0, 0.05) is 19.3 Å². The third-order valence-corrected chi connectivity index (χ3v) is 3.00. The molecule has 1 fully saturated rings. The molecule has 4 heteroatoms. The van der Waals surface area contributed by atoms with Crippen LogP contribution in [0.1, 0.15) is 32.4 Å². The summed E-state index contributed by atoms with van der Waals surface area (Å²) in [5, 5.41) is 9.44. The van der Waals surface area contributed by atoms with Gasteiger partial charge in [0.15, 0.2) is 0 Å². The maximum atomic E-state index is 9.44. The van der Waals surface area contributed by atoms with Crippen LogP contribution in [-0.4, -0.2) is 35.4 Å². The standard InChI is InChI=1S/C13H20N2O2/c1-9-7-15(8-10(2)17-9)13-5-4-12(6-14-13)11(3)16/h4-6,9-11,16H,7-8H2,1-3H3/t9-,10+,11-/m1/s1. The molecule has 17 heavy (non-hydrogen) atoms. The molecule has 1 N–H and O–H groups in total. The molecule has 4 nitrogen and oxygen atoms in total. The number of aliphatic hydroxyl groups is 1. The first-order valence-corrected chi connectivity index (χ1v) is 6.10. The summed E-state index contributed by atoms with van der Waals surface area (Å²) in [6.07, 6.45) is 1.75. The number of nitrogens with zero attached hydrogens (tertiary/aromatic N) is 2. The summed E-state index contributed by atoms with van der Waals surface area (Å²) in [5.74, 6) is 0.955. The van der Waals surface area contributed by atoms with Gasteiger partial charge in [0.05, 0.1) is 18.3 Å². The number of hydrogen-bond acceptors (Lipinski definition) is 4. The van der Waals surface area contributed by atoms with E-state index in [4.69, 9.17) is 4.74 Å². The molecule has 1 aromatic heterocycles. The number of aromatic nitrogens is 1.